The number of aromatic nitrogens is 2. The van der Waals surface area contributed by atoms with Crippen LogP contribution >= 0.6 is 0 Å². The Morgan fingerprint density at radius 2 is 2.05 bits per heavy atom. The van der Waals surface area contributed by atoms with E-state index in [4.69, 9.17) is 4.42 Å². The van der Waals surface area contributed by atoms with Crippen molar-refractivity contribution in [3.63, 3.8) is 0 Å². The molecule has 0 spiro atoms. The lowest BCUT2D eigenvalue weighted by Gasteiger charge is -1.84. The lowest BCUT2D eigenvalue weighted by Crippen LogP contribution is -1.82. The molecule has 0 bridgehead atoms. The SMILES string of the molecule is O=[N+]([O-])c1ccc(C=Cc2nc3ccccc3[nH]2)o1. The number of para-hydroxylation sites is 2. The zero-order chi connectivity index (χ0) is 13.2. The van der Waals surface area contributed by atoms with Gasteiger partial charge in [0.1, 0.15) is 16.5 Å². The molecular weight excluding hydrogens is 246 g/mol. The second kappa shape index (κ2) is 4.41. The third-order valence-corrected chi connectivity index (χ3v) is 2.61. The van der Waals surface area contributed by atoms with Gasteiger partial charge in [0, 0.05) is 0 Å². The van der Waals surface area contributed by atoms with Crippen molar-refractivity contribution in [2.45, 2.75) is 0 Å². The highest BCUT2D eigenvalue weighted by Gasteiger charge is 2.09. The summed E-state index contributed by atoms with van der Waals surface area (Å²) in [5.41, 5.74) is 1.81. The van der Waals surface area contributed by atoms with E-state index >= 15 is 0 Å². The molecule has 2 heterocycles. The lowest BCUT2D eigenvalue weighted by atomic mass is 10.3. The average Bonchev–Trinajstić information content (AvgIpc) is 3.02. The third kappa shape index (κ3) is 2.23. The highest BCUT2D eigenvalue weighted by atomic mass is 16.6. The molecule has 1 aromatic carbocycles. The van der Waals surface area contributed by atoms with Crippen LogP contribution in [-0.2, 0) is 0 Å². The first-order chi connectivity index (χ1) is 9.22. The van der Waals surface area contributed by atoms with Gasteiger partial charge in [-0.05, 0) is 30.4 Å². The Bertz CT molecular complexity index is 737. The molecule has 0 unspecified atom stereocenters. The Morgan fingerprint density at radius 1 is 1.21 bits per heavy atom. The van der Waals surface area contributed by atoms with Gasteiger partial charge in [-0.1, -0.05) is 12.1 Å². The maximum atomic E-state index is 10.5. The summed E-state index contributed by atoms with van der Waals surface area (Å²) < 4.78 is 5.01. The number of hydrogen-bond acceptors (Lipinski definition) is 4. The van der Waals surface area contributed by atoms with Crippen LogP contribution in [0.3, 0.4) is 0 Å². The average molecular weight is 255 g/mol. The van der Waals surface area contributed by atoms with Gasteiger partial charge in [0.2, 0.25) is 0 Å². The van der Waals surface area contributed by atoms with Crippen molar-refractivity contribution >= 4 is 29.1 Å². The fourth-order valence-electron chi connectivity index (χ4n) is 1.74. The van der Waals surface area contributed by atoms with Crippen LogP contribution in [0.4, 0.5) is 5.88 Å². The second-order valence-electron chi connectivity index (χ2n) is 3.91. The first-order valence-corrected chi connectivity index (χ1v) is 5.59. The van der Waals surface area contributed by atoms with Crippen LogP contribution < -0.4 is 0 Å². The van der Waals surface area contributed by atoms with Gasteiger partial charge in [0.05, 0.1) is 17.1 Å². The van der Waals surface area contributed by atoms with Crippen molar-refractivity contribution in [3.05, 3.63) is 58.1 Å². The van der Waals surface area contributed by atoms with Gasteiger partial charge in [-0.25, -0.2) is 4.98 Å². The third-order valence-electron chi connectivity index (χ3n) is 2.61. The van der Waals surface area contributed by atoms with Crippen molar-refractivity contribution in [2.24, 2.45) is 0 Å². The number of nitro groups is 1. The quantitative estimate of drug-likeness (QED) is 0.575. The molecule has 0 amide bonds. The molecule has 6 nitrogen and oxygen atoms in total. The van der Waals surface area contributed by atoms with Crippen molar-refractivity contribution in [1.29, 1.82) is 0 Å². The summed E-state index contributed by atoms with van der Waals surface area (Å²) in [6.45, 7) is 0. The number of furan rings is 1. The van der Waals surface area contributed by atoms with E-state index in [1.807, 2.05) is 24.3 Å². The Labute approximate surface area is 107 Å². The highest BCUT2D eigenvalue weighted by molar-refractivity contribution is 5.78. The van der Waals surface area contributed by atoms with Gasteiger partial charge in [-0.15, -0.1) is 0 Å². The standard InChI is InChI=1S/C13H9N3O3/c17-16(18)13-8-6-9(19-13)5-7-12-14-10-3-1-2-4-11(10)15-12/h1-8H,(H,14,15). The summed E-state index contributed by atoms with van der Waals surface area (Å²) in [6, 6.07) is 10.5. The molecule has 19 heavy (non-hydrogen) atoms. The number of nitrogens with zero attached hydrogens (tertiary/aromatic N) is 2. The smallest absolute Gasteiger partial charge is 0.401 e. The number of hydrogen-bond donors (Lipinski definition) is 1. The summed E-state index contributed by atoms with van der Waals surface area (Å²) in [5, 5.41) is 10.5. The summed E-state index contributed by atoms with van der Waals surface area (Å²) in [4.78, 5) is 17.4. The Kier molecular flexibility index (Phi) is 2.60. The molecular formula is C13H9N3O3. The van der Waals surface area contributed by atoms with Gasteiger partial charge in [-0.3, -0.25) is 10.1 Å². The number of H-pyrrole nitrogens is 1. The zero-order valence-electron chi connectivity index (χ0n) is 9.74. The molecule has 3 rings (SSSR count). The maximum absolute atomic E-state index is 10.5. The summed E-state index contributed by atoms with van der Waals surface area (Å²) >= 11 is 0. The van der Waals surface area contributed by atoms with Crippen LogP contribution in [0.2, 0.25) is 0 Å². The molecule has 0 atom stereocenters. The fourth-order valence-corrected chi connectivity index (χ4v) is 1.74. The molecule has 0 aliphatic heterocycles. The first-order valence-electron chi connectivity index (χ1n) is 5.59. The van der Waals surface area contributed by atoms with E-state index in [0.717, 1.165) is 11.0 Å². The van der Waals surface area contributed by atoms with Gasteiger partial charge in [0.25, 0.3) is 0 Å². The molecule has 2 aromatic heterocycles. The van der Waals surface area contributed by atoms with E-state index in [1.165, 1.54) is 12.1 Å². The minimum atomic E-state index is -0.571. The molecule has 0 fully saturated rings. The summed E-state index contributed by atoms with van der Waals surface area (Å²) in [5.74, 6) is 0.802. The van der Waals surface area contributed by atoms with Gasteiger partial charge in [0.15, 0.2) is 0 Å². The van der Waals surface area contributed by atoms with Crippen LogP contribution in [-0.4, -0.2) is 14.9 Å². The van der Waals surface area contributed by atoms with E-state index in [0.29, 0.717) is 11.6 Å². The molecule has 1 N–H and O–H groups in total. The molecule has 6 heteroatoms. The van der Waals surface area contributed by atoms with Crippen molar-refractivity contribution < 1.29 is 9.34 Å². The molecule has 0 saturated heterocycles. The first kappa shape index (κ1) is 11.2. The number of fused-ring (bicyclic) bond motifs is 1. The van der Waals surface area contributed by atoms with Gasteiger partial charge >= 0.3 is 5.88 Å². The number of benzene rings is 1. The Balaban J connectivity index is 1.86. The van der Waals surface area contributed by atoms with Crippen LogP contribution in [0, 0.1) is 10.1 Å². The van der Waals surface area contributed by atoms with E-state index in [-0.39, 0.29) is 5.88 Å². The highest BCUT2D eigenvalue weighted by Crippen LogP contribution is 2.18. The van der Waals surface area contributed by atoms with E-state index in [9.17, 15) is 10.1 Å². The van der Waals surface area contributed by atoms with E-state index in [2.05, 4.69) is 9.97 Å². The van der Waals surface area contributed by atoms with Crippen molar-refractivity contribution in [1.82, 2.24) is 9.97 Å². The molecule has 3 aromatic rings. The number of nitrogens with one attached hydrogen (secondary N) is 1. The normalized spacial score (nSPS) is 11.4. The topological polar surface area (TPSA) is 85.0 Å². The molecule has 0 aliphatic carbocycles. The van der Waals surface area contributed by atoms with Crippen molar-refractivity contribution in [3.8, 4) is 0 Å². The molecule has 94 valence electrons. The fraction of sp³-hybridized carbons (Fsp3) is 0. The summed E-state index contributed by atoms with van der Waals surface area (Å²) in [6.07, 6.45) is 3.34. The van der Waals surface area contributed by atoms with Crippen LogP contribution in [0.5, 0.6) is 0 Å². The molecule has 0 radical (unpaired) electrons. The van der Waals surface area contributed by atoms with Crippen LogP contribution in [0.1, 0.15) is 11.6 Å². The number of rotatable bonds is 3. The Hall–Kier alpha value is -2.89. The van der Waals surface area contributed by atoms with E-state index in [1.54, 1.807) is 12.2 Å². The Morgan fingerprint density at radius 3 is 2.79 bits per heavy atom. The predicted octanol–water partition coefficient (Wildman–Crippen LogP) is 3.23. The minimum absolute atomic E-state index is 0.274. The monoisotopic (exact) mass is 255 g/mol. The zero-order valence-corrected chi connectivity index (χ0v) is 9.74. The predicted molar refractivity (Wildman–Crippen MR) is 70.4 cm³/mol. The van der Waals surface area contributed by atoms with Crippen LogP contribution in [0.25, 0.3) is 23.2 Å². The van der Waals surface area contributed by atoms with Gasteiger partial charge in [-0.2, -0.15) is 0 Å². The number of imidazole rings is 1. The van der Waals surface area contributed by atoms with Crippen LogP contribution in [0.15, 0.2) is 40.8 Å². The number of aromatic amines is 1. The molecule has 0 saturated carbocycles. The lowest BCUT2D eigenvalue weighted by molar-refractivity contribution is -0.402. The van der Waals surface area contributed by atoms with Crippen molar-refractivity contribution in [2.75, 3.05) is 0 Å². The summed E-state index contributed by atoms with van der Waals surface area (Å²) in [7, 11) is 0. The maximum Gasteiger partial charge on any atom is 0.433 e. The van der Waals surface area contributed by atoms with Gasteiger partial charge < -0.3 is 9.40 Å². The second-order valence-corrected chi connectivity index (χ2v) is 3.91. The minimum Gasteiger partial charge on any atom is -0.401 e. The largest absolute Gasteiger partial charge is 0.433 e. The molecule has 0 aliphatic rings. The van der Waals surface area contributed by atoms with E-state index < -0.39 is 4.92 Å².